The van der Waals surface area contributed by atoms with Crippen LogP contribution in [0.1, 0.15) is 10.4 Å². The van der Waals surface area contributed by atoms with E-state index in [0.29, 0.717) is 0 Å². The van der Waals surface area contributed by atoms with E-state index in [4.69, 9.17) is 9.52 Å². The van der Waals surface area contributed by atoms with E-state index >= 15 is 0 Å². The number of aromatic nitrogens is 1. The maximum Gasteiger partial charge on any atom is 0.338 e. The highest BCUT2D eigenvalue weighted by Crippen LogP contribution is 2.31. The first kappa shape index (κ1) is 13.7. The van der Waals surface area contributed by atoms with Gasteiger partial charge in [0, 0.05) is 4.47 Å². The third kappa shape index (κ3) is 2.29. The number of fused-ring (bicyclic) bond motifs is 1. The van der Waals surface area contributed by atoms with Gasteiger partial charge in [-0.2, -0.15) is 0 Å². The number of aromatic carboxylic acids is 1. The van der Waals surface area contributed by atoms with Gasteiger partial charge in [-0.15, -0.1) is 0 Å². The number of halogens is 3. The second-order valence-electron chi connectivity index (χ2n) is 4.22. The SMILES string of the molecule is O=C(O)c1cccc2oc(-c3c(F)cc(Br)cc3F)nc12. The summed E-state index contributed by atoms with van der Waals surface area (Å²) in [4.78, 5) is 15.0. The summed E-state index contributed by atoms with van der Waals surface area (Å²) in [6.45, 7) is 0. The van der Waals surface area contributed by atoms with E-state index in [1.807, 2.05) is 0 Å². The Morgan fingerprint density at radius 2 is 1.90 bits per heavy atom. The Balaban J connectivity index is 2.28. The third-order valence-corrected chi connectivity index (χ3v) is 3.33. The third-order valence-electron chi connectivity index (χ3n) is 2.87. The molecule has 0 aliphatic rings. The summed E-state index contributed by atoms with van der Waals surface area (Å²) in [7, 11) is 0. The van der Waals surface area contributed by atoms with Crippen LogP contribution in [0.5, 0.6) is 0 Å². The molecule has 106 valence electrons. The summed E-state index contributed by atoms with van der Waals surface area (Å²) in [6, 6.07) is 6.43. The lowest BCUT2D eigenvalue weighted by atomic mass is 10.2. The number of hydrogen-bond donors (Lipinski definition) is 1. The first-order valence-electron chi connectivity index (χ1n) is 5.75. The lowest BCUT2D eigenvalue weighted by Gasteiger charge is -2.00. The molecule has 1 heterocycles. The van der Waals surface area contributed by atoms with E-state index < -0.39 is 23.2 Å². The van der Waals surface area contributed by atoms with E-state index in [0.717, 1.165) is 12.1 Å². The maximum atomic E-state index is 13.9. The van der Waals surface area contributed by atoms with Crippen molar-refractivity contribution in [3.63, 3.8) is 0 Å². The Morgan fingerprint density at radius 3 is 2.52 bits per heavy atom. The van der Waals surface area contributed by atoms with Crippen LogP contribution in [0.2, 0.25) is 0 Å². The molecule has 0 aliphatic heterocycles. The number of hydrogen-bond acceptors (Lipinski definition) is 3. The molecule has 0 aliphatic carbocycles. The summed E-state index contributed by atoms with van der Waals surface area (Å²) in [5, 5.41) is 9.07. The minimum absolute atomic E-state index is 0.0433. The standard InChI is InChI=1S/C14H6BrF2NO3/c15-6-4-8(16)11(9(17)5-6)13-18-12-7(14(19)20)2-1-3-10(12)21-13/h1-5H,(H,19,20). The molecule has 0 amide bonds. The van der Waals surface area contributed by atoms with Gasteiger partial charge in [0.25, 0.3) is 0 Å². The van der Waals surface area contributed by atoms with Gasteiger partial charge in [-0.3, -0.25) is 0 Å². The van der Waals surface area contributed by atoms with Crippen molar-refractivity contribution >= 4 is 33.0 Å². The minimum atomic E-state index is -1.20. The molecule has 21 heavy (non-hydrogen) atoms. The lowest BCUT2D eigenvalue weighted by Crippen LogP contribution is -1.97. The van der Waals surface area contributed by atoms with Gasteiger partial charge < -0.3 is 9.52 Å². The topological polar surface area (TPSA) is 63.3 Å². The van der Waals surface area contributed by atoms with Crippen LogP contribution < -0.4 is 0 Å². The second-order valence-corrected chi connectivity index (χ2v) is 5.14. The quantitative estimate of drug-likeness (QED) is 0.748. The Hall–Kier alpha value is -2.28. The first-order valence-corrected chi connectivity index (χ1v) is 6.54. The molecular weight excluding hydrogens is 348 g/mol. The molecule has 7 heteroatoms. The molecule has 0 saturated heterocycles. The van der Waals surface area contributed by atoms with Crippen molar-refractivity contribution in [2.45, 2.75) is 0 Å². The highest BCUT2D eigenvalue weighted by molar-refractivity contribution is 9.10. The average Bonchev–Trinajstić information content (AvgIpc) is 2.79. The van der Waals surface area contributed by atoms with Crippen LogP contribution in [-0.2, 0) is 0 Å². The molecule has 4 nitrogen and oxygen atoms in total. The summed E-state index contributed by atoms with van der Waals surface area (Å²) < 4.78 is 33.3. The highest BCUT2D eigenvalue weighted by Gasteiger charge is 2.21. The second kappa shape index (κ2) is 4.92. The Bertz CT molecular complexity index is 853. The van der Waals surface area contributed by atoms with Crippen molar-refractivity contribution < 1.29 is 23.1 Å². The molecule has 0 unspecified atom stereocenters. The van der Waals surface area contributed by atoms with Crippen LogP contribution in [0.25, 0.3) is 22.6 Å². The molecule has 0 atom stereocenters. The predicted molar refractivity (Wildman–Crippen MR) is 74.0 cm³/mol. The number of para-hydroxylation sites is 1. The van der Waals surface area contributed by atoms with Gasteiger partial charge in [0.05, 0.1) is 5.56 Å². The Labute approximate surface area is 125 Å². The Morgan fingerprint density at radius 1 is 1.24 bits per heavy atom. The zero-order valence-corrected chi connectivity index (χ0v) is 11.8. The molecular formula is C14H6BrF2NO3. The predicted octanol–water partition coefficient (Wildman–Crippen LogP) is 4.23. The summed E-state index contributed by atoms with van der Waals surface area (Å²) >= 11 is 2.98. The smallest absolute Gasteiger partial charge is 0.338 e. The summed E-state index contributed by atoms with van der Waals surface area (Å²) in [5.74, 6) is -3.21. The van der Waals surface area contributed by atoms with E-state index in [9.17, 15) is 13.6 Å². The Kier molecular flexibility index (Phi) is 3.21. The van der Waals surface area contributed by atoms with Crippen LogP contribution in [0.15, 0.2) is 39.2 Å². The van der Waals surface area contributed by atoms with Crippen LogP contribution in [0.3, 0.4) is 0 Å². The molecule has 0 spiro atoms. The van der Waals surface area contributed by atoms with Crippen LogP contribution in [-0.4, -0.2) is 16.1 Å². The number of benzene rings is 2. The van der Waals surface area contributed by atoms with Crippen molar-refractivity contribution in [3.05, 3.63) is 52.0 Å². The van der Waals surface area contributed by atoms with Crippen LogP contribution >= 0.6 is 15.9 Å². The normalized spacial score (nSPS) is 11.0. The highest BCUT2D eigenvalue weighted by atomic mass is 79.9. The van der Waals surface area contributed by atoms with Crippen molar-refractivity contribution in [1.82, 2.24) is 4.98 Å². The van der Waals surface area contributed by atoms with Crippen molar-refractivity contribution in [1.29, 1.82) is 0 Å². The van der Waals surface area contributed by atoms with Crippen LogP contribution in [0.4, 0.5) is 8.78 Å². The molecule has 0 bridgehead atoms. The lowest BCUT2D eigenvalue weighted by molar-refractivity contribution is 0.0699. The molecule has 0 saturated carbocycles. The molecule has 3 rings (SSSR count). The molecule has 3 aromatic rings. The molecule has 0 fully saturated rings. The fraction of sp³-hybridized carbons (Fsp3) is 0. The monoisotopic (exact) mass is 353 g/mol. The largest absolute Gasteiger partial charge is 0.478 e. The number of oxazole rings is 1. The van der Waals surface area contributed by atoms with Gasteiger partial charge in [-0.1, -0.05) is 22.0 Å². The number of rotatable bonds is 2. The zero-order chi connectivity index (χ0) is 15.1. The minimum Gasteiger partial charge on any atom is -0.478 e. The molecule has 2 aromatic carbocycles. The van der Waals surface area contributed by atoms with Crippen molar-refractivity contribution in [2.75, 3.05) is 0 Å². The number of carboxylic acids is 1. The van der Waals surface area contributed by atoms with E-state index in [-0.39, 0.29) is 27.0 Å². The van der Waals surface area contributed by atoms with Gasteiger partial charge in [0.1, 0.15) is 22.7 Å². The van der Waals surface area contributed by atoms with E-state index in [2.05, 4.69) is 20.9 Å². The first-order chi connectivity index (χ1) is 9.97. The fourth-order valence-electron chi connectivity index (χ4n) is 1.97. The number of carbonyl (C=O) groups is 1. The van der Waals surface area contributed by atoms with Crippen molar-refractivity contribution in [2.24, 2.45) is 0 Å². The van der Waals surface area contributed by atoms with Gasteiger partial charge >= 0.3 is 5.97 Å². The summed E-state index contributed by atoms with van der Waals surface area (Å²) in [5.41, 5.74) is -0.348. The van der Waals surface area contributed by atoms with Gasteiger partial charge in [0.15, 0.2) is 5.58 Å². The van der Waals surface area contributed by atoms with E-state index in [1.165, 1.54) is 18.2 Å². The van der Waals surface area contributed by atoms with Gasteiger partial charge in [0.2, 0.25) is 5.89 Å². The van der Waals surface area contributed by atoms with Crippen molar-refractivity contribution in [3.8, 4) is 11.5 Å². The fourth-order valence-corrected chi connectivity index (χ4v) is 2.38. The maximum absolute atomic E-state index is 13.9. The number of carboxylic acid groups (broad SMARTS) is 1. The summed E-state index contributed by atoms with van der Waals surface area (Å²) in [6.07, 6.45) is 0. The molecule has 1 N–H and O–H groups in total. The number of nitrogens with zero attached hydrogens (tertiary/aromatic N) is 1. The van der Waals surface area contributed by atoms with Gasteiger partial charge in [-0.25, -0.2) is 18.6 Å². The molecule has 0 radical (unpaired) electrons. The average molecular weight is 354 g/mol. The van der Waals surface area contributed by atoms with E-state index in [1.54, 1.807) is 0 Å². The molecule has 1 aromatic heterocycles. The van der Waals surface area contributed by atoms with Gasteiger partial charge in [-0.05, 0) is 24.3 Å². The van der Waals surface area contributed by atoms with Crippen LogP contribution in [0, 0.1) is 11.6 Å². The zero-order valence-electron chi connectivity index (χ0n) is 10.2.